The van der Waals surface area contributed by atoms with Crippen molar-refractivity contribution in [1.82, 2.24) is 4.98 Å². The van der Waals surface area contributed by atoms with Gasteiger partial charge in [-0.2, -0.15) is 0 Å². The maximum absolute atomic E-state index is 13.4. The van der Waals surface area contributed by atoms with Gasteiger partial charge in [-0.3, -0.25) is 0 Å². The van der Waals surface area contributed by atoms with Crippen molar-refractivity contribution in [3.05, 3.63) is 45.7 Å². The van der Waals surface area contributed by atoms with Gasteiger partial charge in [0.1, 0.15) is 5.82 Å². The number of hydrogen-bond donors (Lipinski definition) is 1. The van der Waals surface area contributed by atoms with Gasteiger partial charge in [0, 0.05) is 11.3 Å². The summed E-state index contributed by atoms with van der Waals surface area (Å²) in [6.45, 7) is 3.86. The topological polar surface area (TPSA) is 38.9 Å². The first-order chi connectivity index (χ1) is 8.11. The Labute approximate surface area is 104 Å². The van der Waals surface area contributed by atoms with E-state index in [4.69, 9.17) is 5.73 Å². The first-order valence-corrected chi connectivity index (χ1v) is 6.41. The summed E-state index contributed by atoms with van der Waals surface area (Å²) in [5.74, 6) is -0.155. The average molecular weight is 250 g/mol. The van der Waals surface area contributed by atoms with E-state index in [1.54, 1.807) is 13.0 Å². The molecule has 2 nitrogen and oxygen atoms in total. The third-order valence-corrected chi connectivity index (χ3v) is 3.79. The summed E-state index contributed by atoms with van der Waals surface area (Å²) < 4.78 is 13.4. The van der Waals surface area contributed by atoms with Gasteiger partial charge in [0.2, 0.25) is 0 Å². The van der Waals surface area contributed by atoms with Crippen LogP contribution in [0.5, 0.6) is 0 Å². The molecule has 0 atom stereocenters. The van der Waals surface area contributed by atoms with E-state index in [0.717, 1.165) is 22.6 Å². The van der Waals surface area contributed by atoms with Crippen molar-refractivity contribution in [2.75, 3.05) is 5.73 Å². The van der Waals surface area contributed by atoms with E-state index < -0.39 is 0 Å². The lowest BCUT2D eigenvalue weighted by Gasteiger charge is -2.05. The standard InChI is InChI=1S/C13H15FN2S/c1-3-11-12(17-13(15)16-11)7-9-5-4-6-10(14)8(9)2/h4-6H,3,7H2,1-2H3,(H2,15,16). The third-order valence-electron chi connectivity index (χ3n) is 2.86. The third kappa shape index (κ3) is 2.47. The predicted octanol–water partition coefficient (Wildman–Crippen LogP) is 3.33. The normalized spacial score (nSPS) is 10.8. The van der Waals surface area contributed by atoms with Gasteiger partial charge < -0.3 is 5.73 Å². The van der Waals surface area contributed by atoms with E-state index in [-0.39, 0.29) is 5.82 Å². The first-order valence-electron chi connectivity index (χ1n) is 5.59. The Morgan fingerprint density at radius 3 is 2.88 bits per heavy atom. The highest BCUT2D eigenvalue weighted by Gasteiger charge is 2.11. The van der Waals surface area contributed by atoms with Crippen molar-refractivity contribution >= 4 is 16.5 Å². The second-order valence-corrected chi connectivity index (χ2v) is 5.09. The smallest absolute Gasteiger partial charge is 0.180 e. The van der Waals surface area contributed by atoms with Crippen LogP contribution in [0, 0.1) is 12.7 Å². The fourth-order valence-electron chi connectivity index (χ4n) is 1.83. The zero-order chi connectivity index (χ0) is 12.4. The first kappa shape index (κ1) is 12.0. The Bertz CT molecular complexity index is 534. The molecular formula is C13H15FN2S. The Hall–Kier alpha value is -1.42. The van der Waals surface area contributed by atoms with Crippen LogP contribution in [0.1, 0.15) is 28.6 Å². The van der Waals surface area contributed by atoms with Gasteiger partial charge in [0.15, 0.2) is 5.13 Å². The van der Waals surface area contributed by atoms with Gasteiger partial charge in [0.05, 0.1) is 5.69 Å². The van der Waals surface area contributed by atoms with Crippen LogP contribution in [0.3, 0.4) is 0 Å². The molecule has 2 rings (SSSR count). The molecule has 0 fully saturated rings. The number of anilines is 1. The molecule has 1 aromatic carbocycles. The molecule has 17 heavy (non-hydrogen) atoms. The van der Waals surface area contributed by atoms with Gasteiger partial charge >= 0.3 is 0 Å². The van der Waals surface area contributed by atoms with Crippen molar-refractivity contribution in [1.29, 1.82) is 0 Å². The lowest BCUT2D eigenvalue weighted by molar-refractivity contribution is 0.616. The number of aromatic nitrogens is 1. The van der Waals surface area contributed by atoms with Crippen LogP contribution in [0.15, 0.2) is 18.2 Å². The van der Waals surface area contributed by atoms with Gasteiger partial charge in [0.25, 0.3) is 0 Å². The van der Waals surface area contributed by atoms with Crippen LogP contribution in [-0.2, 0) is 12.8 Å². The van der Waals surface area contributed by atoms with Crippen molar-refractivity contribution in [3.63, 3.8) is 0 Å². The van der Waals surface area contributed by atoms with Crippen LogP contribution in [-0.4, -0.2) is 4.98 Å². The van der Waals surface area contributed by atoms with Crippen molar-refractivity contribution < 1.29 is 4.39 Å². The molecule has 0 aliphatic carbocycles. The molecule has 2 aromatic rings. The van der Waals surface area contributed by atoms with Gasteiger partial charge in [-0.25, -0.2) is 9.37 Å². The molecule has 0 saturated carbocycles. The second-order valence-electron chi connectivity index (χ2n) is 3.98. The van der Waals surface area contributed by atoms with Crippen molar-refractivity contribution in [3.8, 4) is 0 Å². The zero-order valence-corrected chi connectivity index (χ0v) is 10.8. The summed E-state index contributed by atoms with van der Waals surface area (Å²) in [5.41, 5.74) is 8.45. The highest BCUT2D eigenvalue weighted by molar-refractivity contribution is 7.15. The monoisotopic (exact) mass is 250 g/mol. The number of nitrogens with zero attached hydrogens (tertiary/aromatic N) is 1. The second kappa shape index (κ2) is 4.84. The summed E-state index contributed by atoms with van der Waals surface area (Å²) in [6.07, 6.45) is 1.57. The summed E-state index contributed by atoms with van der Waals surface area (Å²) in [4.78, 5) is 5.42. The molecule has 1 aromatic heterocycles. The van der Waals surface area contributed by atoms with E-state index >= 15 is 0 Å². The van der Waals surface area contributed by atoms with Gasteiger partial charge in [-0.05, 0) is 30.5 Å². The van der Waals surface area contributed by atoms with Crippen LogP contribution in [0.2, 0.25) is 0 Å². The number of nitrogen functional groups attached to an aromatic ring is 1. The van der Waals surface area contributed by atoms with E-state index in [2.05, 4.69) is 11.9 Å². The minimum atomic E-state index is -0.155. The number of halogens is 1. The summed E-state index contributed by atoms with van der Waals surface area (Å²) in [7, 11) is 0. The summed E-state index contributed by atoms with van der Waals surface area (Å²) >= 11 is 1.49. The number of hydrogen-bond acceptors (Lipinski definition) is 3. The number of benzene rings is 1. The van der Waals surface area contributed by atoms with Crippen molar-refractivity contribution in [2.24, 2.45) is 0 Å². The molecular weight excluding hydrogens is 235 g/mol. The molecule has 0 bridgehead atoms. The minimum absolute atomic E-state index is 0.155. The maximum Gasteiger partial charge on any atom is 0.180 e. The molecule has 0 aliphatic rings. The molecule has 2 N–H and O–H groups in total. The molecule has 1 heterocycles. The lowest BCUT2D eigenvalue weighted by Crippen LogP contribution is -1.95. The number of aryl methyl sites for hydroxylation is 1. The Kier molecular flexibility index (Phi) is 3.43. The van der Waals surface area contributed by atoms with Crippen LogP contribution >= 0.6 is 11.3 Å². The Balaban J connectivity index is 2.34. The van der Waals surface area contributed by atoms with Gasteiger partial charge in [-0.1, -0.05) is 19.1 Å². The number of nitrogens with two attached hydrogens (primary N) is 1. The number of rotatable bonds is 3. The largest absolute Gasteiger partial charge is 0.375 e. The summed E-state index contributed by atoms with van der Waals surface area (Å²) in [5, 5.41) is 0.589. The van der Waals surface area contributed by atoms with E-state index in [0.29, 0.717) is 17.1 Å². The average Bonchev–Trinajstić information content (AvgIpc) is 2.65. The minimum Gasteiger partial charge on any atom is -0.375 e. The Morgan fingerprint density at radius 1 is 1.41 bits per heavy atom. The molecule has 0 spiro atoms. The molecule has 0 saturated heterocycles. The van der Waals surface area contributed by atoms with Crippen LogP contribution in [0.4, 0.5) is 9.52 Å². The maximum atomic E-state index is 13.4. The fraction of sp³-hybridized carbons (Fsp3) is 0.308. The predicted molar refractivity (Wildman–Crippen MR) is 69.8 cm³/mol. The van der Waals surface area contributed by atoms with E-state index in [9.17, 15) is 4.39 Å². The molecule has 0 unspecified atom stereocenters. The van der Waals surface area contributed by atoms with Crippen LogP contribution in [0.25, 0.3) is 0 Å². The summed E-state index contributed by atoms with van der Waals surface area (Å²) in [6, 6.07) is 5.18. The molecule has 4 heteroatoms. The fourth-order valence-corrected chi connectivity index (χ4v) is 2.78. The SMILES string of the molecule is CCc1nc(N)sc1Cc1cccc(F)c1C. The van der Waals surface area contributed by atoms with E-state index in [1.807, 2.05) is 6.07 Å². The molecule has 0 radical (unpaired) electrons. The zero-order valence-electron chi connectivity index (χ0n) is 9.96. The van der Waals surface area contributed by atoms with Gasteiger partial charge in [-0.15, -0.1) is 11.3 Å². The number of thiazole rings is 1. The lowest BCUT2D eigenvalue weighted by atomic mass is 10.0. The Morgan fingerprint density at radius 2 is 2.18 bits per heavy atom. The highest BCUT2D eigenvalue weighted by Crippen LogP contribution is 2.25. The van der Waals surface area contributed by atoms with Crippen molar-refractivity contribution in [2.45, 2.75) is 26.7 Å². The highest BCUT2D eigenvalue weighted by atomic mass is 32.1. The molecule has 0 aliphatic heterocycles. The molecule has 0 amide bonds. The molecule has 90 valence electrons. The van der Waals surface area contributed by atoms with E-state index in [1.165, 1.54) is 17.4 Å². The van der Waals surface area contributed by atoms with Crippen LogP contribution < -0.4 is 5.73 Å². The quantitative estimate of drug-likeness (QED) is 0.907.